The first-order chi connectivity index (χ1) is 11.7. The average Bonchev–Trinajstić information content (AvgIpc) is 3.26. The van der Waals surface area contributed by atoms with Crippen molar-refractivity contribution in [3.8, 4) is 0 Å². The second-order valence-corrected chi connectivity index (χ2v) is 5.77. The fourth-order valence-corrected chi connectivity index (χ4v) is 2.67. The molecule has 8 heteroatoms. The van der Waals surface area contributed by atoms with Crippen LogP contribution in [0.4, 0.5) is 5.69 Å². The number of pyridine rings is 1. The molecule has 0 radical (unpaired) electrons. The Morgan fingerprint density at radius 2 is 2.17 bits per heavy atom. The van der Waals surface area contributed by atoms with E-state index in [1.165, 1.54) is 11.3 Å². The normalized spacial score (nSPS) is 10.3. The van der Waals surface area contributed by atoms with E-state index in [1.807, 2.05) is 23.6 Å². The molecule has 0 aromatic carbocycles. The van der Waals surface area contributed by atoms with Gasteiger partial charge in [0, 0.05) is 23.3 Å². The largest absolute Gasteiger partial charge is 0.343 e. The second kappa shape index (κ2) is 7.51. The molecule has 24 heavy (non-hydrogen) atoms. The summed E-state index contributed by atoms with van der Waals surface area (Å²) in [4.78, 5) is 27.9. The van der Waals surface area contributed by atoms with Crippen LogP contribution < -0.4 is 10.6 Å². The summed E-state index contributed by atoms with van der Waals surface area (Å²) in [6, 6.07) is 7.37. The molecule has 2 amide bonds. The number of thiophene rings is 1. The number of aromatic nitrogens is 3. The molecular formula is C16H15N5O2S. The summed E-state index contributed by atoms with van der Waals surface area (Å²) in [6.45, 7) is 0.422. The summed E-state index contributed by atoms with van der Waals surface area (Å²) < 4.78 is 1.68. The molecule has 0 saturated carbocycles. The standard InChI is InChI=1S/C16H15N5O2S/c22-15(8-18-16(23)12-4-6-24-11-12)20-14-7-19-21(10-14)9-13-3-1-2-5-17-13/h1-7,10-11H,8-9H2,(H,18,23)(H,20,22). The number of rotatable bonds is 6. The van der Waals surface area contributed by atoms with Crippen LogP contribution in [0.15, 0.2) is 53.6 Å². The van der Waals surface area contributed by atoms with Gasteiger partial charge in [-0.1, -0.05) is 6.07 Å². The maximum absolute atomic E-state index is 11.9. The zero-order valence-electron chi connectivity index (χ0n) is 12.7. The third kappa shape index (κ3) is 4.26. The van der Waals surface area contributed by atoms with E-state index in [-0.39, 0.29) is 18.4 Å². The Bertz CT molecular complexity index is 814. The summed E-state index contributed by atoms with van der Waals surface area (Å²) in [5.41, 5.74) is 2.00. The molecule has 7 nitrogen and oxygen atoms in total. The first kappa shape index (κ1) is 15.9. The fraction of sp³-hybridized carbons (Fsp3) is 0.125. The lowest BCUT2D eigenvalue weighted by Gasteiger charge is -2.04. The Labute approximate surface area is 142 Å². The van der Waals surface area contributed by atoms with E-state index in [9.17, 15) is 9.59 Å². The van der Waals surface area contributed by atoms with E-state index in [4.69, 9.17) is 0 Å². The van der Waals surface area contributed by atoms with Crippen LogP contribution in [0.1, 0.15) is 16.1 Å². The monoisotopic (exact) mass is 341 g/mol. The van der Waals surface area contributed by atoms with E-state index < -0.39 is 0 Å². The topological polar surface area (TPSA) is 88.9 Å². The van der Waals surface area contributed by atoms with Crippen LogP contribution in [0, 0.1) is 0 Å². The smallest absolute Gasteiger partial charge is 0.252 e. The van der Waals surface area contributed by atoms with Crippen LogP contribution in [0.3, 0.4) is 0 Å². The first-order valence-corrected chi connectivity index (χ1v) is 8.17. The van der Waals surface area contributed by atoms with Crippen molar-refractivity contribution in [1.29, 1.82) is 0 Å². The zero-order valence-corrected chi connectivity index (χ0v) is 13.5. The Kier molecular flexibility index (Phi) is 4.97. The second-order valence-electron chi connectivity index (χ2n) is 4.99. The molecule has 122 valence electrons. The number of amides is 2. The van der Waals surface area contributed by atoms with Crippen molar-refractivity contribution in [3.63, 3.8) is 0 Å². The van der Waals surface area contributed by atoms with Crippen molar-refractivity contribution in [2.45, 2.75) is 6.54 Å². The van der Waals surface area contributed by atoms with Gasteiger partial charge in [0.15, 0.2) is 0 Å². The first-order valence-electron chi connectivity index (χ1n) is 7.23. The Morgan fingerprint density at radius 3 is 2.92 bits per heavy atom. The van der Waals surface area contributed by atoms with Gasteiger partial charge in [0.25, 0.3) is 5.91 Å². The van der Waals surface area contributed by atoms with E-state index in [0.29, 0.717) is 17.8 Å². The summed E-state index contributed by atoms with van der Waals surface area (Å²) >= 11 is 1.43. The summed E-state index contributed by atoms with van der Waals surface area (Å²) in [6.07, 6.45) is 4.99. The number of hydrogen-bond donors (Lipinski definition) is 2. The number of carbonyl (C=O) groups excluding carboxylic acids is 2. The van der Waals surface area contributed by atoms with Crippen LogP contribution >= 0.6 is 11.3 Å². The van der Waals surface area contributed by atoms with Gasteiger partial charge < -0.3 is 10.6 Å². The minimum absolute atomic E-state index is 0.0971. The molecule has 0 unspecified atom stereocenters. The summed E-state index contributed by atoms with van der Waals surface area (Å²) in [5.74, 6) is -0.576. The Balaban J connectivity index is 1.49. The van der Waals surface area contributed by atoms with Gasteiger partial charge in [-0.15, -0.1) is 0 Å². The molecule has 2 N–H and O–H groups in total. The van der Waals surface area contributed by atoms with Crippen molar-refractivity contribution >= 4 is 28.8 Å². The number of nitrogens with zero attached hydrogens (tertiary/aromatic N) is 3. The highest BCUT2D eigenvalue weighted by atomic mass is 32.1. The van der Waals surface area contributed by atoms with E-state index in [0.717, 1.165) is 5.69 Å². The highest BCUT2D eigenvalue weighted by molar-refractivity contribution is 7.08. The highest BCUT2D eigenvalue weighted by Gasteiger charge is 2.09. The SMILES string of the molecule is O=C(CNC(=O)c1ccsc1)Nc1cnn(Cc2ccccn2)c1. The van der Waals surface area contributed by atoms with Gasteiger partial charge in [0.05, 0.1) is 30.7 Å². The van der Waals surface area contributed by atoms with Crippen LogP contribution in [0.5, 0.6) is 0 Å². The number of carbonyl (C=O) groups is 2. The van der Waals surface area contributed by atoms with Gasteiger partial charge in [-0.3, -0.25) is 19.3 Å². The van der Waals surface area contributed by atoms with Crippen LogP contribution in [-0.4, -0.2) is 33.1 Å². The lowest BCUT2D eigenvalue weighted by atomic mass is 10.3. The molecule has 0 saturated heterocycles. The molecule has 0 aliphatic rings. The third-order valence-corrected chi connectivity index (χ3v) is 3.84. The molecule has 0 fully saturated rings. The third-order valence-electron chi connectivity index (χ3n) is 3.16. The quantitative estimate of drug-likeness (QED) is 0.715. The number of anilines is 1. The van der Waals surface area contributed by atoms with Gasteiger partial charge in [0.1, 0.15) is 0 Å². The minimum atomic E-state index is -0.309. The lowest BCUT2D eigenvalue weighted by Crippen LogP contribution is -2.32. The predicted molar refractivity (Wildman–Crippen MR) is 90.8 cm³/mol. The lowest BCUT2D eigenvalue weighted by molar-refractivity contribution is -0.115. The van der Waals surface area contributed by atoms with Gasteiger partial charge in [0.2, 0.25) is 5.91 Å². The number of hydrogen-bond acceptors (Lipinski definition) is 5. The van der Waals surface area contributed by atoms with E-state index in [1.54, 1.807) is 34.7 Å². The predicted octanol–water partition coefficient (Wildman–Crippen LogP) is 1.76. The molecule has 0 aliphatic carbocycles. The Hall–Kier alpha value is -3.00. The molecular weight excluding hydrogens is 326 g/mol. The van der Waals surface area contributed by atoms with Crippen molar-refractivity contribution in [1.82, 2.24) is 20.1 Å². The van der Waals surface area contributed by atoms with Crippen LogP contribution in [0.25, 0.3) is 0 Å². The van der Waals surface area contributed by atoms with Crippen LogP contribution in [0.2, 0.25) is 0 Å². The molecule has 3 aromatic heterocycles. The van der Waals surface area contributed by atoms with Crippen molar-refractivity contribution < 1.29 is 9.59 Å². The van der Waals surface area contributed by atoms with E-state index in [2.05, 4.69) is 20.7 Å². The molecule has 3 aromatic rings. The summed E-state index contributed by atoms with van der Waals surface area (Å²) in [5, 5.41) is 13.0. The average molecular weight is 341 g/mol. The van der Waals surface area contributed by atoms with E-state index >= 15 is 0 Å². The zero-order chi connectivity index (χ0) is 16.8. The van der Waals surface area contributed by atoms with Gasteiger partial charge >= 0.3 is 0 Å². The number of nitrogens with one attached hydrogen (secondary N) is 2. The molecule has 0 aliphatic heterocycles. The highest BCUT2D eigenvalue weighted by Crippen LogP contribution is 2.07. The molecule has 3 rings (SSSR count). The molecule has 0 bridgehead atoms. The van der Waals surface area contributed by atoms with Crippen molar-refractivity contribution in [3.05, 3.63) is 64.9 Å². The van der Waals surface area contributed by atoms with Crippen molar-refractivity contribution in [2.24, 2.45) is 0 Å². The summed E-state index contributed by atoms with van der Waals surface area (Å²) in [7, 11) is 0. The van der Waals surface area contributed by atoms with Gasteiger partial charge in [-0.25, -0.2) is 0 Å². The van der Waals surface area contributed by atoms with Crippen molar-refractivity contribution in [2.75, 3.05) is 11.9 Å². The fourth-order valence-electron chi connectivity index (χ4n) is 2.03. The molecule has 0 spiro atoms. The van der Waals surface area contributed by atoms with Gasteiger partial charge in [-0.2, -0.15) is 16.4 Å². The maximum Gasteiger partial charge on any atom is 0.252 e. The van der Waals surface area contributed by atoms with Crippen LogP contribution in [-0.2, 0) is 11.3 Å². The van der Waals surface area contributed by atoms with Gasteiger partial charge in [-0.05, 0) is 23.6 Å². The minimum Gasteiger partial charge on any atom is -0.343 e. The maximum atomic E-state index is 11.9. The molecule has 3 heterocycles. The molecule has 0 atom stereocenters. The Morgan fingerprint density at radius 1 is 1.25 bits per heavy atom.